The minimum absolute atomic E-state index is 0.216. The van der Waals surface area contributed by atoms with Crippen molar-refractivity contribution in [1.82, 2.24) is 0 Å². The van der Waals surface area contributed by atoms with Crippen LogP contribution in [0.1, 0.15) is 26.3 Å². The van der Waals surface area contributed by atoms with Crippen LogP contribution in [0.3, 0.4) is 0 Å². The summed E-state index contributed by atoms with van der Waals surface area (Å²) >= 11 is 1.55. The van der Waals surface area contributed by atoms with Gasteiger partial charge in [0.1, 0.15) is 0 Å². The van der Waals surface area contributed by atoms with E-state index in [2.05, 4.69) is 0 Å². The van der Waals surface area contributed by atoms with Crippen LogP contribution < -0.4 is 0 Å². The van der Waals surface area contributed by atoms with Crippen molar-refractivity contribution in [1.29, 1.82) is 0 Å². The Hall–Kier alpha value is -1.22. The third kappa shape index (κ3) is 2.39. The van der Waals surface area contributed by atoms with Crippen LogP contribution in [0.5, 0.6) is 0 Å². The predicted molar refractivity (Wildman–Crippen MR) is 68.4 cm³/mol. The maximum Gasteiger partial charge on any atom is 0.159 e. The summed E-state index contributed by atoms with van der Waals surface area (Å²) in [5, 5.41) is 3.88. The fourth-order valence-corrected chi connectivity index (χ4v) is 2.48. The zero-order valence-electron chi connectivity index (χ0n) is 10.1. The topological polar surface area (TPSA) is 0 Å². The highest BCUT2D eigenvalue weighted by Gasteiger charge is 2.21. The summed E-state index contributed by atoms with van der Waals surface area (Å²) in [6.07, 6.45) is 0. The minimum atomic E-state index is -0.792. The van der Waals surface area contributed by atoms with E-state index < -0.39 is 11.6 Å². The summed E-state index contributed by atoms with van der Waals surface area (Å²) in [7, 11) is 0. The van der Waals surface area contributed by atoms with E-state index in [-0.39, 0.29) is 5.41 Å². The van der Waals surface area contributed by atoms with Crippen LogP contribution >= 0.6 is 11.3 Å². The molecule has 0 aliphatic carbocycles. The number of hydrogen-bond donors (Lipinski definition) is 0. The summed E-state index contributed by atoms with van der Waals surface area (Å²) in [5.74, 6) is -1.58. The van der Waals surface area contributed by atoms with Crippen LogP contribution in [-0.2, 0) is 5.41 Å². The second kappa shape index (κ2) is 4.22. The third-order valence-electron chi connectivity index (χ3n) is 2.70. The second-order valence-electron chi connectivity index (χ2n) is 5.07. The van der Waals surface area contributed by atoms with Crippen molar-refractivity contribution < 1.29 is 8.78 Å². The highest BCUT2D eigenvalue weighted by Crippen LogP contribution is 2.35. The van der Waals surface area contributed by atoms with E-state index in [4.69, 9.17) is 0 Å². The van der Waals surface area contributed by atoms with Gasteiger partial charge in [0.25, 0.3) is 0 Å². The third-order valence-corrected chi connectivity index (χ3v) is 3.38. The summed E-state index contributed by atoms with van der Waals surface area (Å²) in [6.45, 7) is 5.99. The van der Waals surface area contributed by atoms with Gasteiger partial charge in [-0.3, -0.25) is 0 Å². The van der Waals surface area contributed by atoms with Crippen molar-refractivity contribution in [3.05, 3.63) is 46.2 Å². The largest absolute Gasteiger partial charge is 0.204 e. The smallest absolute Gasteiger partial charge is 0.159 e. The highest BCUT2D eigenvalue weighted by atomic mass is 32.1. The Balaban J connectivity index is 2.69. The Bertz CT molecular complexity index is 522. The molecule has 0 unspecified atom stereocenters. The normalized spacial score (nSPS) is 11.8. The SMILES string of the molecule is CC(C)(C)c1cc(F)c(F)cc1-c1ccsc1. The van der Waals surface area contributed by atoms with E-state index in [1.54, 1.807) is 11.3 Å². The van der Waals surface area contributed by atoms with Gasteiger partial charge in [-0.25, -0.2) is 8.78 Å². The molecule has 0 aliphatic heterocycles. The number of hydrogen-bond acceptors (Lipinski definition) is 1. The Labute approximate surface area is 104 Å². The molecule has 2 rings (SSSR count). The lowest BCUT2D eigenvalue weighted by atomic mass is 9.82. The van der Waals surface area contributed by atoms with Crippen molar-refractivity contribution in [3.8, 4) is 11.1 Å². The fraction of sp³-hybridized carbons (Fsp3) is 0.286. The fourth-order valence-electron chi connectivity index (χ4n) is 1.82. The first-order valence-corrected chi connectivity index (χ1v) is 6.36. The Morgan fingerprint density at radius 3 is 2.24 bits per heavy atom. The molecular formula is C14H14F2S. The standard InChI is InChI=1S/C14H14F2S/c1-14(2,3)11-7-13(16)12(15)6-10(11)9-4-5-17-8-9/h4-8H,1-3H3. The minimum Gasteiger partial charge on any atom is -0.204 e. The molecule has 90 valence electrons. The summed E-state index contributed by atoms with van der Waals surface area (Å²) < 4.78 is 26.7. The second-order valence-corrected chi connectivity index (χ2v) is 5.85. The molecular weight excluding hydrogens is 238 g/mol. The molecule has 0 aliphatic rings. The first kappa shape index (κ1) is 12.2. The van der Waals surface area contributed by atoms with Gasteiger partial charge in [0.05, 0.1) is 0 Å². The molecule has 0 N–H and O–H groups in total. The molecule has 0 saturated heterocycles. The van der Waals surface area contributed by atoms with Crippen molar-refractivity contribution in [2.24, 2.45) is 0 Å². The number of thiophene rings is 1. The van der Waals surface area contributed by atoms with E-state index in [9.17, 15) is 8.78 Å². The maximum atomic E-state index is 13.4. The van der Waals surface area contributed by atoms with Gasteiger partial charge in [0.2, 0.25) is 0 Å². The number of halogens is 2. The summed E-state index contributed by atoms with van der Waals surface area (Å²) in [6, 6.07) is 4.52. The molecule has 0 amide bonds. The average molecular weight is 252 g/mol. The van der Waals surface area contributed by atoms with Crippen LogP contribution in [-0.4, -0.2) is 0 Å². The predicted octanol–water partition coefficient (Wildman–Crippen LogP) is 4.99. The Kier molecular flexibility index (Phi) is 3.04. The summed E-state index contributed by atoms with van der Waals surface area (Å²) in [4.78, 5) is 0. The lowest BCUT2D eigenvalue weighted by Crippen LogP contribution is -2.13. The van der Waals surface area contributed by atoms with Crippen LogP contribution in [0, 0.1) is 11.6 Å². The molecule has 17 heavy (non-hydrogen) atoms. The van der Waals surface area contributed by atoms with E-state index >= 15 is 0 Å². The molecule has 0 radical (unpaired) electrons. The monoisotopic (exact) mass is 252 g/mol. The van der Waals surface area contributed by atoms with Crippen molar-refractivity contribution in [2.75, 3.05) is 0 Å². The molecule has 0 bridgehead atoms. The molecule has 0 fully saturated rings. The molecule has 0 saturated carbocycles. The number of benzene rings is 1. The molecule has 1 heterocycles. The molecule has 2 aromatic rings. The van der Waals surface area contributed by atoms with E-state index in [1.807, 2.05) is 37.6 Å². The summed E-state index contributed by atoms with van der Waals surface area (Å²) in [5.41, 5.74) is 2.33. The van der Waals surface area contributed by atoms with Crippen LogP contribution in [0.4, 0.5) is 8.78 Å². The molecule has 1 aromatic carbocycles. The first-order valence-electron chi connectivity index (χ1n) is 5.41. The number of rotatable bonds is 1. The zero-order valence-corrected chi connectivity index (χ0v) is 10.9. The van der Waals surface area contributed by atoms with E-state index in [0.29, 0.717) is 0 Å². The van der Waals surface area contributed by atoms with Gasteiger partial charge in [0, 0.05) is 0 Å². The first-order chi connectivity index (χ1) is 7.89. The van der Waals surface area contributed by atoms with Crippen LogP contribution in [0.2, 0.25) is 0 Å². The molecule has 0 nitrogen and oxygen atoms in total. The van der Waals surface area contributed by atoms with Gasteiger partial charge < -0.3 is 0 Å². The van der Waals surface area contributed by atoms with Gasteiger partial charge in [0.15, 0.2) is 11.6 Å². The Morgan fingerprint density at radius 2 is 1.71 bits per heavy atom. The Morgan fingerprint density at radius 1 is 1.06 bits per heavy atom. The van der Waals surface area contributed by atoms with Gasteiger partial charge in [-0.2, -0.15) is 11.3 Å². The van der Waals surface area contributed by atoms with Gasteiger partial charge >= 0.3 is 0 Å². The van der Waals surface area contributed by atoms with Crippen molar-refractivity contribution >= 4 is 11.3 Å². The van der Waals surface area contributed by atoms with Crippen molar-refractivity contribution in [3.63, 3.8) is 0 Å². The van der Waals surface area contributed by atoms with Gasteiger partial charge in [-0.15, -0.1) is 0 Å². The van der Waals surface area contributed by atoms with Crippen LogP contribution in [0.25, 0.3) is 11.1 Å². The molecule has 0 spiro atoms. The average Bonchev–Trinajstić information content (AvgIpc) is 2.73. The highest BCUT2D eigenvalue weighted by molar-refractivity contribution is 7.08. The van der Waals surface area contributed by atoms with E-state index in [1.165, 1.54) is 12.1 Å². The molecule has 1 aromatic heterocycles. The lowest BCUT2D eigenvalue weighted by Gasteiger charge is -2.23. The van der Waals surface area contributed by atoms with Crippen molar-refractivity contribution in [2.45, 2.75) is 26.2 Å². The van der Waals surface area contributed by atoms with Gasteiger partial charge in [-0.05, 0) is 51.1 Å². The zero-order chi connectivity index (χ0) is 12.6. The molecule has 3 heteroatoms. The maximum absolute atomic E-state index is 13.4. The van der Waals surface area contributed by atoms with Crippen LogP contribution in [0.15, 0.2) is 29.0 Å². The molecule has 0 atom stereocenters. The quantitative estimate of drug-likeness (QED) is 0.670. The van der Waals surface area contributed by atoms with E-state index in [0.717, 1.165) is 16.7 Å². The van der Waals surface area contributed by atoms with Gasteiger partial charge in [-0.1, -0.05) is 20.8 Å². The lowest BCUT2D eigenvalue weighted by molar-refractivity contribution is 0.499.